The van der Waals surface area contributed by atoms with Gasteiger partial charge in [-0.05, 0) is 34.1 Å². The number of alkyl halides is 3. The molecule has 96 valence electrons. The third kappa shape index (κ3) is 2.56. The molecule has 0 aliphatic rings. The van der Waals surface area contributed by atoms with Gasteiger partial charge in [-0.25, -0.2) is 4.98 Å². The molecule has 1 aromatic carbocycles. The van der Waals surface area contributed by atoms with E-state index in [9.17, 15) is 13.2 Å². The molecule has 0 aliphatic carbocycles. The summed E-state index contributed by atoms with van der Waals surface area (Å²) in [7, 11) is 0. The zero-order valence-corrected chi connectivity index (χ0v) is 10.5. The summed E-state index contributed by atoms with van der Waals surface area (Å²) in [5.74, 6) is 0.105. The molecule has 0 unspecified atom stereocenters. The Morgan fingerprint density at radius 2 is 2.06 bits per heavy atom. The number of hydrogen-bond donors (Lipinski definition) is 1. The molecule has 2 N–H and O–H groups in total. The first kappa shape index (κ1) is 13.1. The fourth-order valence-corrected chi connectivity index (χ4v) is 1.81. The van der Waals surface area contributed by atoms with E-state index in [0.29, 0.717) is 10.2 Å². The van der Waals surface area contributed by atoms with Gasteiger partial charge in [-0.2, -0.15) is 13.2 Å². The first-order chi connectivity index (χ1) is 8.41. The van der Waals surface area contributed by atoms with Crippen LogP contribution >= 0.6 is 15.9 Å². The second-order valence-corrected chi connectivity index (χ2v) is 4.39. The molecule has 0 fully saturated rings. The second kappa shape index (κ2) is 4.74. The van der Waals surface area contributed by atoms with Crippen LogP contribution in [0, 0.1) is 0 Å². The first-order valence-electron chi connectivity index (χ1n) is 4.93. The zero-order valence-electron chi connectivity index (χ0n) is 8.96. The maximum absolute atomic E-state index is 12.6. The number of halogens is 4. The summed E-state index contributed by atoms with van der Waals surface area (Å²) in [6, 6.07) is 3.28. The number of oxazole rings is 1. The molecular weight excluding hydrogens is 313 g/mol. The highest BCUT2D eigenvalue weighted by Crippen LogP contribution is 2.35. The first-order valence-corrected chi connectivity index (χ1v) is 5.72. The molecule has 0 aliphatic heterocycles. The molecule has 0 spiro atoms. The van der Waals surface area contributed by atoms with Gasteiger partial charge in [0.15, 0.2) is 0 Å². The molecule has 2 aromatic rings. The zero-order chi connectivity index (χ0) is 13.3. The Morgan fingerprint density at radius 3 is 2.61 bits per heavy atom. The second-order valence-electron chi connectivity index (χ2n) is 3.54. The van der Waals surface area contributed by atoms with Crippen molar-refractivity contribution in [2.45, 2.75) is 12.7 Å². The van der Waals surface area contributed by atoms with E-state index in [-0.39, 0.29) is 18.0 Å². The van der Waals surface area contributed by atoms with Crippen LogP contribution in [0.5, 0.6) is 0 Å². The smallest absolute Gasteiger partial charge is 0.416 e. The highest BCUT2D eigenvalue weighted by Gasteiger charge is 2.31. The van der Waals surface area contributed by atoms with Gasteiger partial charge in [0, 0.05) is 11.0 Å². The van der Waals surface area contributed by atoms with Crippen LogP contribution < -0.4 is 5.73 Å². The Hall–Kier alpha value is -1.34. The van der Waals surface area contributed by atoms with Crippen molar-refractivity contribution in [1.82, 2.24) is 4.98 Å². The van der Waals surface area contributed by atoms with Gasteiger partial charge in [0.05, 0.1) is 16.8 Å². The Bertz CT molecular complexity index is 566. The molecule has 7 heteroatoms. The van der Waals surface area contributed by atoms with E-state index >= 15 is 0 Å². The summed E-state index contributed by atoms with van der Waals surface area (Å²) in [4.78, 5) is 3.99. The number of hydrogen-bond acceptors (Lipinski definition) is 3. The lowest BCUT2D eigenvalue weighted by atomic mass is 10.1. The van der Waals surface area contributed by atoms with E-state index < -0.39 is 11.7 Å². The van der Waals surface area contributed by atoms with Gasteiger partial charge in [0.1, 0.15) is 6.26 Å². The predicted molar refractivity (Wildman–Crippen MR) is 62.5 cm³/mol. The van der Waals surface area contributed by atoms with E-state index in [4.69, 9.17) is 10.2 Å². The fraction of sp³-hybridized carbons (Fsp3) is 0.182. The van der Waals surface area contributed by atoms with Crippen LogP contribution in [0.4, 0.5) is 13.2 Å². The van der Waals surface area contributed by atoms with Gasteiger partial charge >= 0.3 is 6.18 Å². The summed E-state index contributed by atoms with van der Waals surface area (Å²) in [6.45, 7) is 0.167. The van der Waals surface area contributed by atoms with Gasteiger partial charge in [-0.1, -0.05) is 0 Å². The molecule has 0 amide bonds. The van der Waals surface area contributed by atoms with E-state index in [1.807, 2.05) is 0 Å². The number of aromatic nitrogens is 1. The van der Waals surface area contributed by atoms with Gasteiger partial charge in [0.2, 0.25) is 5.89 Å². The van der Waals surface area contributed by atoms with Crippen molar-refractivity contribution in [2.24, 2.45) is 5.73 Å². The van der Waals surface area contributed by atoms with Crippen molar-refractivity contribution in [3.8, 4) is 11.5 Å². The summed E-state index contributed by atoms with van der Waals surface area (Å²) < 4.78 is 43.4. The van der Waals surface area contributed by atoms with Gasteiger partial charge < -0.3 is 10.2 Å². The Morgan fingerprint density at radius 1 is 1.33 bits per heavy atom. The van der Waals surface area contributed by atoms with Crippen molar-refractivity contribution < 1.29 is 17.6 Å². The molecule has 0 atom stereocenters. The maximum Gasteiger partial charge on any atom is 0.416 e. The van der Waals surface area contributed by atoms with Crippen LogP contribution in [-0.4, -0.2) is 4.98 Å². The summed E-state index contributed by atoms with van der Waals surface area (Å²) in [6.07, 6.45) is -3.08. The maximum atomic E-state index is 12.6. The number of nitrogens with two attached hydrogens (primary N) is 1. The third-order valence-electron chi connectivity index (χ3n) is 2.28. The van der Waals surface area contributed by atoms with Crippen molar-refractivity contribution in [3.05, 3.63) is 40.2 Å². The SMILES string of the molecule is NCc1coc(-c2cc(C(F)(F)F)ccc2Br)n1. The van der Waals surface area contributed by atoms with Gasteiger partial charge in [-0.3, -0.25) is 0 Å². The Balaban J connectivity index is 2.49. The highest BCUT2D eigenvalue weighted by molar-refractivity contribution is 9.10. The van der Waals surface area contributed by atoms with Crippen LogP contribution in [-0.2, 0) is 12.7 Å². The minimum atomic E-state index is -4.40. The van der Waals surface area contributed by atoms with Gasteiger partial charge in [-0.15, -0.1) is 0 Å². The third-order valence-corrected chi connectivity index (χ3v) is 2.98. The molecule has 3 nitrogen and oxygen atoms in total. The topological polar surface area (TPSA) is 52.0 Å². The molecule has 1 heterocycles. The van der Waals surface area contributed by atoms with Crippen molar-refractivity contribution in [2.75, 3.05) is 0 Å². The van der Waals surface area contributed by atoms with E-state index in [1.54, 1.807) is 0 Å². The lowest BCUT2D eigenvalue weighted by Crippen LogP contribution is -2.04. The average Bonchev–Trinajstić information content (AvgIpc) is 2.76. The Labute approximate surface area is 109 Å². The summed E-state index contributed by atoms with van der Waals surface area (Å²) >= 11 is 3.17. The standard InChI is InChI=1S/C11H8BrF3N2O/c12-9-2-1-6(11(13,14)15)3-8(9)10-17-7(4-16)5-18-10/h1-3,5H,4,16H2. The molecule has 0 bridgehead atoms. The fourth-order valence-electron chi connectivity index (χ4n) is 1.39. The van der Waals surface area contributed by atoms with Crippen molar-refractivity contribution in [3.63, 3.8) is 0 Å². The predicted octanol–water partition coefficient (Wildman–Crippen LogP) is 3.58. The largest absolute Gasteiger partial charge is 0.444 e. The number of benzene rings is 1. The van der Waals surface area contributed by atoms with E-state index in [2.05, 4.69) is 20.9 Å². The van der Waals surface area contributed by atoms with E-state index in [1.165, 1.54) is 12.3 Å². The van der Waals surface area contributed by atoms with Crippen molar-refractivity contribution in [1.29, 1.82) is 0 Å². The molecule has 18 heavy (non-hydrogen) atoms. The molecule has 0 saturated carbocycles. The molecule has 1 aromatic heterocycles. The number of nitrogens with zero attached hydrogens (tertiary/aromatic N) is 1. The number of rotatable bonds is 2. The molecule has 2 rings (SSSR count). The Kier molecular flexibility index (Phi) is 3.45. The minimum Gasteiger partial charge on any atom is -0.444 e. The normalized spacial score (nSPS) is 11.8. The van der Waals surface area contributed by atoms with Crippen LogP contribution in [0.3, 0.4) is 0 Å². The van der Waals surface area contributed by atoms with E-state index in [0.717, 1.165) is 12.1 Å². The summed E-state index contributed by atoms with van der Waals surface area (Å²) in [5.41, 5.74) is 5.33. The average molecular weight is 321 g/mol. The monoisotopic (exact) mass is 320 g/mol. The van der Waals surface area contributed by atoms with Crippen LogP contribution in [0.1, 0.15) is 11.3 Å². The molecule has 0 saturated heterocycles. The quantitative estimate of drug-likeness (QED) is 0.920. The minimum absolute atomic E-state index is 0.105. The lowest BCUT2D eigenvalue weighted by molar-refractivity contribution is -0.137. The van der Waals surface area contributed by atoms with Crippen LogP contribution in [0.25, 0.3) is 11.5 Å². The van der Waals surface area contributed by atoms with Crippen LogP contribution in [0.15, 0.2) is 33.4 Å². The summed E-state index contributed by atoms with van der Waals surface area (Å²) in [5, 5.41) is 0. The highest BCUT2D eigenvalue weighted by atomic mass is 79.9. The molecule has 0 radical (unpaired) electrons. The molecular formula is C11H8BrF3N2O. The van der Waals surface area contributed by atoms with Crippen molar-refractivity contribution >= 4 is 15.9 Å². The lowest BCUT2D eigenvalue weighted by Gasteiger charge is -2.08. The van der Waals surface area contributed by atoms with Crippen LogP contribution in [0.2, 0.25) is 0 Å². The van der Waals surface area contributed by atoms with Gasteiger partial charge in [0.25, 0.3) is 0 Å².